The summed E-state index contributed by atoms with van der Waals surface area (Å²) < 4.78 is 12.0. The maximum atomic E-state index is 13.5. The highest BCUT2D eigenvalue weighted by Gasteiger charge is 2.40. The van der Waals surface area contributed by atoms with Gasteiger partial charge in [0.15, 0.2) is 5.60 Å². The SMILES string of the molecule is CNC(=O)c1ccc(C(OC(=O)CNC(=O)OCC2c3ccccc3-c3ccccc32)(c2ccccc2)c2ccccc2)cc1. The number of hydrogen-bond acceptors (Lipinski definition) is 5. The number of alkyl carbamates (subject to hydrolysis) is 1. The van der Waals surface area contributed by atoms with Crippen molar-refractivity contribution in [3.63, 3.8) is 0 Å². The molecule has 1 aliphatic rings. The summed E-state index contributed by atoms with van der Waals surface area (Å²) in [5.74, 6) is -0.987. The van der Waals surface area contributed by atoms with Crippen molar-refractivity contribution < 1.29 is 23.9 Å². The summed E-state index contributed by atoms with van der Waals surface area (Å²) in [6.45, 7) is -0.279. The molecule has 0 aromatic heterocycles. The number of carbonyl (C=O) groups is 3. The minimum Gasteiger partial charge on any atom is -0.449 e. The zero-order valence-electron chi connectivity index (χ0n) is 24.7. The summed E-state index contributed by atoms with van der Waals surface area (Å²) in [5, 5.41) is 5.20. The van der Waals surface area contributed by atoms with E-state index in [1.807, 2.05) is 97.1 Å². The van der Waals surface area contributed by atoms with Gasteiger partial charge in [0.2, 0.25) is 0 Å². The summed E-state index contributed by atoms with van der Waals surface area (Å²) in [4.78, 5) is 38.6. The summed E-state index contributed by atoms with van der Waals surface area (Å²) >= 11 is 0. The third-order valence-corrected chi connectivity index (χ3v) is 8.13. The molecule has 5 aromatic carbocycles. The standard InChI is InChI=1S/C38H32N2O5/c1-39-36(42)26-20-22-29(23-21-26)38(27-12-4-2-5-13-27,28-14-6-3-7-15-28)45-35(41)24-40-37(43)44-25-34-32-18-10-8-16-30(32)31-17-9-11-19-33(31)34/h2-23,34H,24-25H2,1H3,(H,39,42)(H,40,43). The van der Waals surface area contributed by atoms with E-state index < -0.39 is 24.2 Å². The second-order valence-corrected chi connectivity index (χ2v) is 10.7. The van der Waals surface area contributed by atoms with E-state index in [9.17, 15) is 14.4 Å². The first-order valence-electron chi connectivity index (χ1n) is 14.8. The van der Waals surface area contributed by atoms with Gasteiger partial charge in [-0.2, -0.15) is 0 Å². The number of benzene rings is 5. The van der Waals surface area contributed by atoms with E-state index in [-0.39, 0.29) is 18.4 Å². The minimum atomic E-state index is -1.36. The van der Waals surface area contributed by atoms with Crippen molar-refractivity contribution in [3.05, 3.63) is 167 Å². The number of amides is 2. The van der Waals surface area contributed by atoms with Crippen LogP contribution in [-0.4, -0.2) is 38.2 Å². The van der Waals surface area contributed by atoms with Crippen molar-refractivity contribution >= 4 is 18.0 Å². The molecule has 0 aliphatic heterocycles. The average Bonchev–Trinajstić information content (AvgIpc) is 3.42. The highest BCUT2D eigenvalue weighted by Crippen LogP contribution is 2.44. The summed E-state index contributed by atoms with van der Waals surface area (Å²) in [5.41, 5.74) is 5.63. The summed E-state index contributed by atoms with van der Waals surface area (Å²) in [7, 11) is 1.57. The van der Waals surface area contributed by atoms with Gasteiger partial charge in [0.05, 0.1) is 0 Å². The molecule has 0 saturated carbocycles. The van der Waals surface area contributed by atoms with E-state index in [4.69, 9.17) is 9.47 Å². The minimum absolute atomic E-state index is 0.100. The van der Waals surface area contributed by atoms with Crippen molar-refractivity contribution in [2.75, 3.05) is 20.2 Å². The number of ether oxygens (including phenoxy) is 2. The van der Waals surface area contributed by atoms with Crippen molar-refractivity contribution in [1.29, 1.82) is 0 Å². The van der Waals surface area contributed by atoms with E-state index in [1.165, 1.54) is 0 Å². The lowest BCUT2D eigenvalue weighted by Gasteiger charge is -2.35. The number of nitrogens with one attached hydrogen (secondary N) is 2. The molecule has 5 aromatic rings. The van der Waals surface area contributed by atoms with Gasteiger partial charge in [0.25, 0.3) is 5.91 Å². The number of rotatable bonds is 9. The van der Waals surface area contributed by atoms with Crippen molar-refractivity contribution in [2.45, 2.75) is 11.5 Å². The lowest BCUT2D eigenvalue weighted by atomic mass is 9.79. The van der Waals surface area contributed by atoms with Crippen molar-refractivity contribution in [2.24, 2.45) is 0 Å². The normalized spacial score (nSPS) is 12.0. The van der Waals surface area contributed by atoms with E-state index in [0.29, 0.717) is 22.3 Å². The summed E-state index contributed by atoms with van der Waals surface area (Å²) in [6, 6.07) is 41.9. The fourth-order valence-corrected chi connectivity index (χ4v) is 6.02. The van der Waals surface area contributed by atoms with Crippen LogP contribution in [0.4, 0.5) is 4.79 Å². The maximum Gasteiger partial charge on any atom is 0.407 e. The van der Waals surface area contributed by atoms with Gasteiger partial charge in [0, 0.05) is 35.2 Å². The van der Waals surface area contributed by atoms with Crippen LogP contribution in [0.1, 0.15) is 44.1 Å². The molecule has 1 aliphatic carbocycles. The van der Waals surface area contributed by atoms with Gasteiger partial charge in [-0.1, -0.05) is 121 Å². The smallest absolute Gasteiger partial charge is 0.407 e. The second-order valence-electron chi connectivity index (χ2n) is 10.7. The van der Waals surface area contributed by atoms with Crippen LogP contribution in [0.25, 0.3) is 11.1 Å². The number of hydrogen-bond donors (Lipinski definition) is 2. The number of carbonyl (C=O) groups excluding carboxylic acids is 3. The van der Waals surface area contributed by atoms with Gasteiger partial charge >= 0.3 is 12.1 Å². The molecule has 0 fully saturated rings. The first kappa shape index (κ1) is 29.4. The van der Waals surface area contributed by atoms with E-state index in [0.717, 1.165) is 22.3 Å². The molecule has 0 atom stereocenters. The Balaban J connectivity index is 1.21. The monoisotopic (exact) mass is 596 g/mol. The molecule has 0 saturated heterocycles. The lowest BCUT2D eigenvalue weighted by molar-refractivity contribution is -0.152. The summed E-state index contributed by atoms with van der Waals surface area (Å²) in [6.07, 6.45) is -0.714. The Labute approximate surface area is 261 Å². The molecular formula is C38H32N2O5. The molecule has 7 nitrogen and oxygen atoms in total. The van der Waals surface area contributed by atoms with Crippen LogP contribution in [0.15, 0.2) is 133 Å². The molecule has 224 valence electrons. The molecule has 2 amide bonds. The largest absolute Gasteiger partial charge is 0.449 e. The van der Waals surface area contributed by atoms with Crippen molar-refractivity contribution in [1.82, 2.24) is 10.6 Å². The van der Waals surface area contributed by atoms with E-state index in [2.05, 4.69) is 22.8 Å². The molecule has 45 heavy (non-hydrogen) atoms. The van der Waals surface area contributed by atoms with Crippen LogP contribution < -0.4 is 10.6 Å². The van der Waals surface area contributed by atoms with Crippen LogP contribution in [0.3, 0.4) is 0 Å². The predicted molar refractivity (Wildman–Crippen MR) is 172 cm³/mol. The van der Waals surface area contributed by atoms with Gasteiger partial charge in [-0.15, -0.1) is 0 Å². The Bertz CT molecular complexity index is 1740. The fourth-order valence-electron chi connectivity index (χ4n) is 6.02. The third-order valence-electron chi connectivity index (χ3n) is 8.13. The Morgan fingerprint density at radius 1 is 0.644 bits per heavy atom. The zero-order chi connectivity index (χ0) is 31.2. The molecular weight excluding hydrogens is 564 g/mol. The Kier molecular flexibility index (Phi) is 8.42. The molecule has 2 N–H and O–H groups in total. The third kappa shape index (κ3) is 5.80. The Hall–Kier alpha value is -5.69. The topological polar surface area (TPSA) is 93.7 Å². The molecule has 6 rings (SSSR count). The average molecular weight is 597 g/mol. The van der Waals surface area contributed by atoms with Crippen LogP contribution >= 0.6 is 0 Å². The molecule has 0 radical (unpaired) electrons. The van der Waals surface area contributed by atoms with Crippen molar-refractivity contribution in [3.8, 4) is 11.1 Å². The molecule has 0 unspecified atom stereocenters. The first-order valence-corrected chi connectivity index (χ1v) is 14.8. The van der Waals surface area contributed by atoms with Gasteiger partial charge in [-0.25, -0.2) is 4.79 Å². The Morgan fingerprint density at radius 3 is 1.67 bits per heavy atom. The highest BCUT2D eigenvalue weighted by atomic mass is 16.6. The molecule has 0 bridgehead atoms. The molecule has 0 heterocycles. The van der Waals surface area contributed by atoms with Gasteiger partial charge < -0.3 is 20.1 Å². The second kappa shape index (κ2) is 12.9. The number of esters is 1. The lowest BCUT2D eigenvalue weighted by Crippen LogP contribution is -2.40. The van der Waals surface area contributed by atoms with E-state index in [1.54, 1.807) is 31.3 Å². The zero-order valence-corrected chi connectivity index (χ0v) is 24.7. The number of fused-ring (bicyclic) bond motifs is 3. The maximum absolute atomic E-state index is 13.5. The van der Waals surface area contributed by atoms with Crippen LogP contribution in [0, 0.1) is 0 Å². The quantitative estimate of drug-likeness (QED) is 0.151. The molecule has 7 heteroatoms. The van der Waals surface area contributed by atoms with E-state index >= 15 is 0 Å². The fraction of sp³-hybridized carbons (Fsp3) is 0.132. The molecule has 0 spiro atoms. The van der Waals surface area contributed by atoms with Gasteiger partial charge in [-0.3, -0.25) is 9.59 Å². The predicted octanol–water partition coefficient (Wildman–Crippen LogP) is 6.42. The van der Waals surface area contributed by atoms with Gasteiger partial charge in [-0.05, 0) is 34.4 Å². The Morgan fingerprint density at radius 2 is 1.13 bits per heavy atom. The first-order chi connectivity index (χ1) is 22.0. The van der Waals surface area contributed by atoms with Crippen LogP contribution in [0.5, 0.6) is 0 Å². The van der Waals surface area contributed by atoms with Crippen LogP contribution in [-0.2, 0) is 19.9 Å². The van der Waals surface area contributed by atoms with Crippen LogP contribution in [0.2, 0.25) is 0 Å². The highest BCUT2D eigenvalue weighted by molar-refractivity contribution is 5.94. The van der Waals surface area contributed by atoms with Gasteiger partial charge in [0.1, 0.15) is 13.2 Å².